The molecule has 0 aliphatic heterocycles. The SMILES string of the molecule is CC.Cc1ccc(F)cc1C(C)Oc1cc(Br)cnc1N. The van der Waals surface area contributed by atoms with Gasteiger partial charge in [-0.2, -0.15) is 0 Å². The fraction of sp³-hybridized carbons (Fsp3) is 0.312. The summed E-state index contributed by atoms with van der Waals surface area (Å²) in [7, 11) is 0. The first-order valence-corrected chi connectivity index (χ1v) is 7.60. The van der Waals surface area contributed by atoms with E-state index in [1.54, 1.807) is 18.3 Å². The molecular formula is C16H20BrFN2O. The molecule has 0 bridgehead atoms. The predicted molar refractivity (Wildman–Crippen MR) is 87.9 cm³/mol. The van der Waals surface area contributed by atoms with Gasteiger partial charge >= 0.3 is 0 Å². The Morgan fingerprint density at radius 1 is 1.29 bits per heavy atom. The molecule has 1 aromatic heterocycles. The van der Waals surface area contributed by atoms with Crippen LogP contribution in [0, 0.1) is 12.7 Å². The summed E-state index contributed by atoms with van der Waals surface area (Å²) in [4.78, 5) is 4.00. The molecule has 5 heteroatoms. The number of nitrogen functional groups attached to an aromatic ring is 1. The van der Waals surface area contributed by atoms with E-state index >= 15 is 0 Å². The lowest BCUT2D eigenvalue weighted by Gasteiger charge is -2.18. The van der Waals surface area contributed by atoms with E-state index in [-0.39, 0.29) is 11.9 Å². The summed E-state index contributed by atoms with van der Waals surface area (Å²) in [6.45, 7) is 7.76. The lowest BCUT2D eigenvalue weighted by molar-refractivity contribution is 0.226. The molecule has 114 valence electrons. The van der Waals surface area contributed by atoms with Crippen LogP contribution in [0.2, 0.25) is 0 Å². The topological polar surface area (TPSA) is 48.1 Å². The molecule has 3 nitrogen and oxygen atoms in total. The van der Waals surface area contributed by atoms with Gasteiger partial charge in [-0.25, -0.2) is 9.37 Å². The van der Waals surface area contributed by atoms with Crippen LogP contribution in [0.15, 0.2) is 34.9 Å². The molecule has 1 atom stereocenters. The van der Waals surface area contributed by atoms with Gasteiger partial charge in [-0.1, -0.05) is 19.9 Å². The van der Waals surface area contributed by atoms with E-state index < -0.39 is 0 Å². The van der Waals surface area contributed by atoms with Crippen LogP contribution in [-0.4, -0.2) is 4.98 Å². The molecule has 2 aromatic rings. The van der Waals surface area contributed by atoms with Crippen molar-refractivity contribution in [2.75, 3.05) is 5.73 Å². The molecule has 0 radical (unpaired) electrons. The normalized spacial score (nSPS) is 11.3. The van der Waals surface area contributed by atoms with Crippen molar-refractivity contribution < 1.29 is 9.13 Å². The fourth-order valence-corrected chi connectivity index (χ4v) is 2.14. The molecule has 1 aromatic carbocycles. The monoisotopic (exact) mass is 354 g/mol. The molecular weight excluding hydrogens is 335 g/mol. The number of halogens is 2. The Morgan fingerprint density at radius 3 is 2.62 bits per heavy atom. The number of benzene rings is 1. The minimum absolute atomic E-state index is 0.281. The van der Waals surface area contributed by atoms with Gasteiger partial charge in [0.25, 0.3) is 0 Å². The van der Waals surface area contributed by atoms with Crippen molar-refractivity contribution >= 4 is 21.7 Å². The fourth-order valence-electron chi connectivity index (χ4n) is 1.83. The molecule has 0 spiro atoms. The molecule has 21 heavy (non-hydrogen) atoms. The maximum atomic E-state index is 13.3. The number of pyridine rings is 1. The molecule has 1 heterocycles. The zero-order valence-electron chi connectivity index (χ0n) is 12.7. The first-order chi connectivity index (χ1) is 9.97. The quantitative estimate of drug-likeness (QED) is 0.839. The van der Waals surface area contributed by atoms with E-state index in [2.05, 4.69) is 20.9 Å². The lowest BCUT2D eigenvalue weighted by Crippen LogP contribution is -2.07. The zero-order chi connectivity index (χ0) is 16.0. The third-order valence-electron chi connectivity index (χ3n) is 2.83. The highest BCUT2D eigenvalue weighted by atomic mass is 79.9. The minimum Gasteiger partial charge on any atom is -0.482 e. The third-order valence-corrected chi connectivity index (χ3v) is 3.27. The maximum absolute atomic E-state index is 13.3. The second kappa shape index (κ2) is 7.98. The first kappa shape index (κ1) is 17.4. The number of aromatic nitrogens is 1. The molecule has 0 fully saturated rings. The van der Waals surface area contributed by atoms with Gasteiger partial charge in [-0.15, -0.1) is 0 Å². The highest BCUT2D eigenvalue weighted by Gasteiger charge is 2.13. The van der Waals surface area contributed by atoms with Gasteiger partial charge in [0.2, 0.25) is 0 Å². The average Bonchev–Trinajstić information content (AvgIpc) is 2.47. The summed E-state index contributed by atoms with van der Waals surface area (Å²) < 4.78 is 19.8. The largest absolute Gasteiger partial charge is 0.482 e. The van der Waals surface area contributed by atoms with Gasteiger partial charge in [0.1, 0.15) is 11.9 Å². The van der Waals surface area contributed by atoms with Gasteiger partial charge in [0.05, 0.1) is 0 Å². The highest BCUT2D eigenvalue weighted by molar-refractivity contribution is 9.10. The van der Waals surface area contributed by atoms with Gasteiger partial charge in [0.15, 0.2) is 11.6 Å². The Morgan fingerprint density at radius 2 is 1.95 bits per heavy atom. The van der Waals surface area contributed by atoms with Crippen molar-refractivity contribution in [2.24, 2.45) is 0 Å². The van der Waals surface area contributed by atoms with Gasteiger partial charge in [-0.05, 0) is 59.1 Å². The number of ether oxygens (including phenoxy) is 1. The highest BCUT2D eigenvalue weighted by Crippen LogP contribution is 2.29. The second-order valence-corrected chi connectivity index (χ2v) is 5.21. The van der Waals surface area contributed by atoms with E-state index in [0.29, 0.717) is 11.6 Å². The second-order valence-electron chi connectivity index (χ2n) is 4.30. The number of nitrogens with two attached hydrogens (primary N) is 1. The Balaban J connectivity index is 0.00000106. The molecule has 0 aliphatic rings. The molecule has 0 saturated carbocycles. The minimum atomic E-state index is -0.311. The van der Waals surface area contributed by atoms with Crippen LogP contribution >= 0.6 is 15.9 Å². The molecule has 0 amide bonds. The van der Waals surface area contributed by atoms with Crippen LogP contribution in [0.4, 0.5) is 10.2 Å². The molecule has 0 saturated heterocycles. The van der Waals surface area contributed by atoms with Crippen molar-refractivity contribution in [2.45, 2.75) is 33.8 Å². The van der Waals surface area contributed by atoms with E-state index in [9.17, 15) is 4.39 Å². The molecule has 2 N–H and O–H groups in total. The smallest absolute Gasteiger partial charge is 0.166 e. The number of hydrogen-bond donors (Lipinski definition) is 1. The van der Waals surface area contributed by atoms with Crippen LogP contribution in [0.1, 0.15) is 38.0 Å². The molecule has 1 unspecified atom stereocenters. The summed E-state index contributed by atoms with van der Waals surface area (Å²) >= 11 is 3.31. The van der Waals surface area contributed by atoms with Crippen molar-refractivity contribution in [3.05, 3.63) is 51.9 Å². The van der Waals surface area contributed by atoms with E-state index in [1.165, 1.54) is 12.1 Å². The van der Waals surface area contributed by atoms with Gasteiger partial charge in [0, 0.05) is 10.7 Å². The zero-order valence-corrected chi connectivity index (χ0v) is 14.2. The van der Waals surface area contributed by atoms with Crippen molar-refractivity contribution in [3.8, 4) is 5.75 Å². The van der Waals surface area contributed by atoms with E-state index in [1.807, 2.05) is 27.7 Å². The van der Waals surface area contributed by atoms with Crippen LogP contribution < -0.4 is 10.5 Å². The van der Waals surface area contributed by atoms with Crippen LogP contribution in [-0.2, 0) is 0 Å². The summed E-state index contributed by atoms with van der Waals surface area (Å²) in [5, 5.41) is 0. The Hall–Kier alpha value is -1.62. The first-order valence-electron chi connectivity index (χ1n) is 6.81. The van der Waals surface area contributed by atoms with Gasteiger partial charge < -0.3 is 10.5 Å². The Bertz CT molecular complexity index is 605. The number of aryl methyl sites for hydroxylation is 1. The average molecular weight is 355 g/mol. The molecule has 2 rings (SSSR count). The van der Waals surface area contributed by atoms with E-state index in [4.69, 9.17) is 10.5 Å². The number of anilines is 1. The third kappa shape index (κ3) is 4.70. The standard InChI is InChI=1S/C14H14BrFN2O.C2H6/c1-8-3-4-11(16)6-12(8)9(2)19-13-5-10(15)7-18-14(13)17;1-2/h3-7,9H,1-2H3,(H2,17,18);1-2H3. The lowest BCUT2D eigenvalue weighted by atomic mass is 10.0. The maximum Gasteiger partial charge on any atom is 0.166 e. The van der Waals surface area contributed by atoms with Crippen LogP contribution in [0.25, 0.3) is 0 Å². The van der Waals surface area contributed by atoms with Crippen molar-refractivity contribution in [1.82, 2.24) is 4.98 Å². The summed E-state index contributed by atoms with van der Waals surface area (Å²) in [5.41, 5.74) is 7.51. The summed E-state index contributed by atoms with van der Waals surface area (Å²) in [5.74, 6) is 0.506. The number of hydrogen-bond acceptors (Lipinski definition) is 3. The van der Waals surface area contributed by atoms with E-state index in [0.717, 1.165) is 15.6 Å². The Labute approximate surface area is 133 Å². The van der Waals surface area contributed by atoms with Crippen molar-refractivity contribution in [3.63, 3.8) is 0 Å². The van der Waals surface area contributed by atoms with Crippen LogP contribution in [0.3, 0.4) is 0 Å². The molecule has 0 aliphatic carbocycles. The predicted octanol–water partition coefficient (Wildman–Crippen LogP) is 5.04. The Kier molecular flexibility index (Phi) is 6.62. The van der Waals surface area contributed by atoms with Crippen molar-refractivity contribution in [1.29, 1.82) is 0 Å². The number of nitrogens with zero attached hydrogens (tertiary/aromatic N) is 1. The number of rotatable bonds is 3. The summed E-state index contributed by atoms with van der Waals surface area (Å²) in [6.07, 6.45) is 1.29. The van der Waals surface area contributed by atoms with Gasteiger partial charge in [-0.3, -0.25) is 0 Å². The van der Waals surface area contributed by atoms with Crippen LogP contribution in [0.5, 0.6) is 5.75 Å². The summed E-state index contributed by atoms with van der Waals surface area (Å²) in [6, 6.07) is 6.38.